The molecule has 0 saturated heterocycles. The van der Waals surface area contributed by atoms with Crippen LogP contribution in [0.1, 0.15) is 57.9 Å². The molecule has 0 radical (unpaired) electrons. The quantitative estimate of drug-likeness (QED) is 0.861. The second kappa shape index (κ2) is 6.60. The van der Waals surface area contributed by atoms with Gasteiger partial charge in [-0.3, -0.25) is 0 Å². The number of aliphatic hydroxyl groups excluding tert-OH is 2. The van der Waals surface area contributed by atoms with Gasteiger partial charge in [0.25, 0.3) is 0 Å². The molecule has 2 N–H and O–H groups in total. The fourth-order valence-electron chi connectivity index (χ4n) is 5.99. The molecule has 2 aliphatic rings. The number of hydrogen-bond acceptors (Lipinski definition) is 3. The lowest BCUT2D eigenvalue weighted by atomic mass is 9.45. The molecule has 0 amide bonds. The zero-order valence-corrected chi connectivity index (χ0v) is 14.6. The number of hydrogen-bond donors (Lipinski definition) is 2. The average molecular weight is 320 g/mol. The first-order chi connectivity index (χ1) is 11.0. The van der Waals surface area contributed by atoms with E-state index >= 15 is 0 Å². The molecule has 23 heavy (non-hydrogen) atoms. The van der Waals surface area contributed by atoms with Crippen molar-refractivity contribution < 1.29 is 14.6 Å². The van der Waals surface area contributed by atoms with E-state index in [4.69, 9.17) is 4.42 Å². The first-order valence-electron chi connectivity index (χ1n) is 9.26. The second-order valence-electron chi connectivity index (χ2n) is 8.52. The molecule has 2 fully saturated rings. The van der Waals surface area contributed by atoms with Crippen LogP contribution in [0.25, 0.3) is 0 Å². The maximum absolute atomic E-state index is 10.0. The van der Waals surface area contributed by atoms with E-state index in [-0.39, 0.29) is 10.8 Å². The lowest BCUT2D eigenvalue weighted by molar-refractivity contribution is -0.128. The summed E-state index contributed by atoms with van der Waals surface area (Å²) in [6.07, 6.45) is 11.5. The van der Waals surface area contributed by atoms with Gasteiger partial charge in [0.15, 0.2) is 0 Å². The van der Waals surface area contributed by atoms with Crippen LogP contribution in [0.4, 0.5) is 0 Å². The van der Waals surface area contributed by atoms with Gasteiger partial charge >= 0.3 is 0 Å². The standard InChI is InChI=1S/C20H32O3/c1-19(14-22)9-3-10-20(2)17(6-4-15-8-11-23-13-15)16(12-21)5-7-18(19)20/h8,11,13,16-18,21-22H,3-7,9-10,12,14H2,1-2H3/t16-,17-,18-,19-,20-/m0/s1. The van der Waals surface area contributed by atoms with Crippen LogP contribution in [0.5, 0.6) is 0 Å². The van der Waals surface area contributed by atoms with E-state index in [1.165, 1.54) is 18.4 Å². The smallest absolute Gasteiger partial charge is 0.0934 e. The molecule has 3 nitrogen and oxygen atoms in total. The minimum Gasteiger partial charge on any atom is -0.472 e. The van der Waals surface area contributed by atoms with Crippen molar-refractivity contribution in [3.63, 3.8) is 0 Å². The Morgan fingerprint density at radius 2 is 2.04 bits per heavy atom. The van der Waals surface area contributed by atoms with Gasteiger partial charge in [0.1, 0.15) is 0 Å². The molecule has 3 rings (SSSR count). The molecule has 3 heteroatoms. The molecule has 0 aliphatic heterocycles. The fraction of sp³-hybridized carbons (Fsp3) is 0.800. The van der Waals surface area contributed by atoms with Crippen LogP contribution >= 0.6 is 0 Å². The molecule has 2 saturated carbocycles. The van der Waals surface area contributed by atoms with Gasteiger partial charge < -0.3 is 14.6 Å². The van der Waals surface area contributed by atoms with Gasteiger partial charge in [-0.05, 0) is 78.7 Å². The van der Waals surface area contributed by atoms with E-state index in [9.17, 15) is 10.2 Å². The molecule has 1 aromatic heterocycles. The molecule has 0 aromatic carbocycles. The molecule has 0 unspecified atom stereocenters. The Morgan fingerprint density at radius 1 is 1.22 bits per heavy atom. The molecule has 0 bridgehead atoms. The third-order valence-electron chi connectivity index (χ3n) is 7.26. The van der Waals surface area contributed by atoms with E-state index in [1.54, 1.807) is 6.26 Å². The number of rotatable bonds is 5. The normalized spacial score (nSPS) is 40.8. The second-order valence-corrected chi connectivity index (χ2v) is 8.52. The van der Waals surface area contributed by atoms with Gasteiger partial charge in [-0.2, -0.15) is 0 Å². The maximum atomic E-state index is 10.0. The van der Waals surface area contributed by atoms with Crippen molar-refractivity contribution in [2.45, 2.75) is 58.8 Å². The van der Waals surface area contributed by atoms with Crippen molar-refractivity contribution in [2.75, 3.05) is 13.2 Å². The topological polar surface area (TPSA) is 53.6 Å². The van der Waals surface area contributed by atoms with Crippen molar-refractivity contribution in [1.29, 1.82) is 0 Å². The van der Waals surface area contributed by atoms with Crippen LogP contribution in [-0.2, 0) is 6.42 Å². The Kier molecular flexibility index (Phi) is 4.89. The van der Waals surface area contributed by atoms with Crippen LogP contribution in [0.2, 0.25) is 0 Å². The Labute approximate surface area is 140 Å². The molecule has 1 heterocycles. The molecule has 130 valence electrons. The Morgan fingerprint density at radius 3 is 2.70 bits per heavy atom. The van der Waals surface area contributed by atoms with Gasteiger partial charge in [0, 0.05) is 13.2 Å². The van der Waals surface area contributed by atoms with Gasteiger partial charge in [0.05, 0.1) is 12.5 Å². The van der Waals surface area contributed by atoms with E-state index in [0.717, 1.165) is 32.1 Å². The van der Waals surface area contributed by atoms with E-state index < -0.39 is 0 Å². The molecule has 5 atom stereocenters. The molecule has 2 aliphatic carbocycles. The highest BCUT2D eigenvalue weighted by atomic mass is 16.3. The molecule has 1 aromatic rings. The highest BCUT2D eigenvalue weighted by Gasteiger charge is 2.55. The summed E-state index contributed by atoms with van der Waals surface area (Å²) < 4.78 is 5.21. The zero-order valence-electron chi connectivity index (χ0n) is 14.6. The van der Waals surface area contributed by atoms with E-state index in [2.05, 4.69) is 19.9 Å². The van der Waals surface area contributed by atoms with Crippen LogP contribution in [0.15, 0.2) is 23.0 Å². The predicted octanol–water partition coefficient (Wildman–Crippen LogP) is 4.04. The predicted molar refractivity (Wildman–Crippen MR) is 91.0 cm³/mol. The maximum Gasteiger partial charge on any atom is 0.0934 e. The van der Waals surface area contributed by atoms with Crippen LogP contribution in [-0.4, -0.2) is 23.4 Å². The summed E-state index contributed by atoms with van der Waals surface area (Å²) >= 11 is 0. The van der Waals surface area contributed by atoms with Crippen LogP contribution in [0.3, 0.4) is 0 Å². The first kappa shape index (κ1) is 17.0. The van der Waals surface area contributed by atoms with Crippen LogP contribution in [0, 0.1) is 28.6 Å². The molecular weight excluding hydrogens is 288 g/mol. The number of aliphatic hydroxyl groups is 2. The highest BCUT2D eigenvalue weighted by molar-refractivity contribution is 5.08. The van der Waals surface area contributed by atoms with E-state index in [1.807, 2.05) is 6.26 Å². The Hall–Kier alpha value is -0.800. The fourth-order valence-corrected chi connectivity index (χ4v) is 5.99. The zero-order chi connectivity index (χ0) is 16.5. The van der Waals surface area contributed by atoms with Gasteiger partial charge in [0.2, 0.25) is 0 Å². The summed E-state index contributed by atoms with van der Waals surface area (Å²) in [5.41, 5.74) is 1.56. The van der Waals surface area contributed by atoms with Crippen molar-refractivity contribution in [2.24, 2.45) is 28.6 Å². The van der Waals surface area contributed by atoms with Crippen LogP contribution < -0.4 is 0 Å². The first-order valence-corrected chi connectivity index (χ1v) is 9.26. The van der Waals surface area contributed by atoms with Crippen molar-refractivity contribution in [3.8, 4) is 0 Å². The Balaban J connectivity index is 1.83. The third kappa shape index (κ3) is 2.98. The largest absolute Gasteiger partial charge is 0.472 e. The van der Waals surface area contributed by atoms with Gasteiger partial charge in [-0.15, -0.1) is 0 Å². The lowest BCUT2D eigenvalue weighted by Gasteiger charge is -2.60. The summed E-state index contributed by atoms with van der Waals surface area (Å²) in [4.78, 5) is 0. The summed E-state index contributed by atoms with van der Waals surface area (Å²) in [5.74, 6) is 1.52. The number of fused-ring (bicyclic) bond motifs is 1. The van der Waals surface area contributed by atoms with Crippen molar-refractivity contribution >= 4 is 0 Å². The van der Waals surface area contributed by atoms with Gasteiger partial charge in [-0.25, -0.2) is 0 Å². The number of furan rings is 1. The SMILES string of the molecule is C[C@@]1(CO)CCC[C@@]2(C)[C@@H](CCc3ccoc3)[C@H](CO)CC[C@@H]12. The summed E-state index contributed by atoms with van der Waals surface area (Å²) in [7, 11) is 0. The average Bonchev–Trinajstić information content (AvgIpc) is 3.06. The van der Waals surface area contributed by atoms with Crippen molar-refractivity contribution in [1.82, 2.24) is 0 Å². The number of aryl methyl sites for hydroxylation is 1. The Bertz CT molecular complexity index is 497. The van der Waals surface area contributed by atoms with Crippen molar-refractivity contribution in [3.05, 3.63) is 24.2 Å². The van der Waals surface area contributed by atoms with Gasteiger partial charge in [-0.1, -0.05) is 20.3 Å². The minimum atomic E-state index is 0.0569. The summed E-state index contributed by atoms with van der Waals surface area (Å²) in [5, 5.41) is 20.0. The minimum absolute atomic E-state index is 0.0569. The lowest BCUT2D eigenvalue weighted by Crippen LogP contribution is -2.54. The van der Waals surface area contributed by atoms with E-state index in [0.29, 0.717) is 31.0 Å². The summed E-state index contributed by atoms with van der Waals surface area (Å²) in [6, 6.07) is 2.05. The monoisotopic (exact) mass is 320 g/mol. The third-order valence-corrected chi connectivity index (χ3v) is 7.26. The highest BCUT2D eigenvalue weighted by Crippen LogP contribution is 2.61. The molecule has 0 spiro atoms. The molecular formula is C20H32O3. The summed E-state index contributed by atoms with van der Waals surface area (Å²) in [6.45, 7) is 5.31.